The van der Waals surface area contributed by atoms with Gasteiger partial charge in [-0.15, -0.1) is 0 Å². The van der Waals surface area contributed by atoms with Crippen LogP contribution < -0.4 is 10.1 Å². The number of ether oxygens (including phenoxy) is 1. The second-order valence-electron chi connectivity index (χ2n) is 7.45. The number of piperidine rings is 1. The summed E-state index contributed by atoms with van der Waals surface area (Å²) in [7, 11) is 0. The molecule has 0 aliphatic carbocycles. The van der Waals surface area contributed by atoms with Crippen LogP contribution in [0.5, 0.6) is 5.75 Å². The van der Waals surface area contributed by atoms with Crippen LogP contribution in [0.15, 0.2) is 48.5 Å². The molecule has 0 unspecified atom stereocenters. The predicted molar refractivity (Wildman–Crippen MR) is 109 cm³/mol. The van der Waals surface area contributed by atoms with Crippen LogP contribution in [0, 0.1) is 6.92 Å². The SMILES string of the molecule is Cc1ccc(O[C@@H](C)C(=O)NCc2cccc(CN3CCCCC3)c2)cc1. The molecule has 1 saturated heterocycles. The van der Waals surface area contributed by atoms with E-state index in [1.165, 1.54) is 43.5 Å². The van der Waals surface area contributed by atoms with Gasteiger partial charge in [0.15, 0.2) is 6.10 Å². The first-order chi connectivity index (χ1) is 13.1. The minimum atomic E-state index is -0.524. The molecule has 1 N–H and O–H groups in total. The predicted octanol–water partition coefficient (Wildman–Crippen LogP) is 4.06. The van der Waals surface area contributed by atoms with Gasteiger partial charge in [-0.2, -0.15) is 0 Å². The molecule has 1 amide bonds. The maximum atomic E-state index is 12.3. The summed E-state index contributed by atoms with van der Waals surface area (Å²) < 4.78 is 5.73. The first-order valence-electron chi connectivity index (χ1n) is 9.91. The number of carbonyl (C=O) groups is 1. The highest BCUT2D eigenvalue weighted by Crippen LogP contribution is 2.15. The van der Waals surface area contributed by atoms with Gasteiger partial charge in [-0.1, -0.05) is 48.4 Å². The van der Waals surface area contributed by atoms with E-state index in [0.29, 0.717) is 12.3 Å². The van der Waals surface area contributed by atoms with Gasteiger partial charge >= 0.3 is 0 Å². The van der Waals surface area contributed by atoms with Gasteiger partial charge in [-0.05, 0) is 63.0 Å². The van der Waals surface area contributed by atoms with Crippen molar-refractivity contribution in [3.05, 3.63) is 65.2 Å². The highest BCUT2D eigenvalue weighted by Gasteiger charge is 2.15. The lowest BCUT2D eigenvalue weighted by Gasteiger charge is -2.26. The van der Waals surface area contributed by atoms with Crippen molar-refractivity contribution in [2.45, 2.75) is 52.3 Å². The van der Waals surface area contributed by atoms with Crippen LogP contribution in [0.1, 0.15) is 42.9 Å². The van der Waals surface area contributed by atoms with Gasteiger partial charge in [0.2, 0.25) is 0 Å². The average molecular weight is 367 g/mol. The highest BCUT2D eigenvalue weighted by molar-refractivity contribution is 5.80. The third-order valence-electron chi connectivity index (χ3n) is 5.02. The summed E-state index contributed by atoms with van der Waals surface area (Å²) in [6, 6.07) is 16.2. The molecule has 27 heavy (non-hydrogen) atoms. The molecule has 4 nitrogen and oxygen atoms in total. The Balaban J connectivity index is 1.49. The molecule has 3 rings (SSSR count). The van der Waals surface area contributed by atoms with Crippen LogP contribution >= 0.6 is 0 Å². The molecule has 0 radical (unpaired) electrons. The summed E-state index contributed by atoms with van der Waals surface area (Å²) in [6.07, 6.45) is 3.43. The van der Waals surface area contributed by atoms with Crippen molar-refractivity contribution in [1.82, 2.24) is 10.2 Å². The summed E-state index contributed by atoms with van der Waals surface area (Å²) in [4.78, 5) is 14.9. The summed E-state index contributed by atoms with van der Waals surface area (Å²) in [6.45, 7) is 7.70. The molecule has 0 saturated carbocycles. The first kappa shape index (κ1) is 19.4. The molecule has 1 heterocycles. The molecule has 1 atom stereocenters. The van der Waals surface area contributed by atoms with E-state index in [0.717, 1.165) is 12.1 Å². The number of benzene rings is 2. The van der Waals surface area contributed by atoms with Crippen molar-refractivity contribution in [1.29, 1.82) is 0 Å². The molecule has 0 bridgehead atoms. The standard InChI is InChI=1S/C23H30N2O2/c1-18-9-11-22(12-10-18)27-19(2)23(26)24-16-20-7-6-8-21(15-20)17-25-13-4-3-5-14-25/h6-12,15,19H,3-5,13-14,16-17H2,1-2H3,(H,24,26)/t19-/m0/s1. The van der Waals surface area contributed by atoms with Crippen LogP contribution in [0.4, 0.5) is 0 Å². The van der Waals surface area contributed by atoms with Crippen molar-refractivity contribution < 1.29 is 9.53 Å². The lowest BCUT2D eigenvalue weighted by atomic mass is 10.1. The number of likely N-dealkylation sites (tertiary alicyclic amines) is 1. The van der Waals surface area contributed by atoms with Crippen molar-refractivity contribution in [3.8, 4) is 5.75 Å². The lowest BCUT2D eigenvalue weighted by molar-refractivity contribution is -0.127. The van der Waals surface area contributed by atoms with Gasteiger partial charge in [0.05, 0.1) is 0 Å². The Kier molecular flexibility index (Phi) is 6.88. The quantitative estimate of drug-likeness (QED) is 0.803. The highest BCUT2D eigenvalue weighted by atomic mass is 16.5. The van der Waals surface area contributed by atoms with Crippen LogP contribution in [0.25, 0.3) is 0 Å². The number of carbonyl (C=O) groups excluding carboxylic acids is 1. The maximum absolute atomic E-state index is 12.3. The summed E-state index contributed by atoms with van der Waals surface area (Å²) in [5.74, 6) is 0.615. The molecular formula is C23H30N2O2. The van der Waals surface area contributed by atoms with Gasteiger partial charge in [0.25, 0.3) is 5.91 Å². The van der Waals surface area contributed by atoms with Crippen LogP contribution in [0.2, 0.25) is 0 Å². The zero-order chi connectivity index (χ0) is 19.1. The number of nitrogens with zero attached hydrogens (tertiary/aromatic N) is 1. The Bertz CT molecular complexity index is 736. The largest absolute Gasteiger partial charge is 0.481 e. The van der Waals surface area contributed by atoms with E-state index in [9.17, 15) is 4.79 Å². The fraction of sp³-hybridized carbons (Fsp3) is 0.435. The lowest BCUT2D eigenvalue weighted by Crippen LogP contribution is -2.35. The van der Waals surface area contributed by atoms with Crippen molar-refractivity contribution in [3.63, 3.8) is 0 Å². The minimum absolute atomic E-state index is 0.1000. The van der Waals surface area contributed by atoms with E-state index >= 15 is 0 Å². The number of amides is 1. The van der Waals surface area contributed by atoms with Crippen molar-refractivity contribution in [2.75, 3.05) is 13.1 Å². The summed E-state index contributed by atoms with van der Waals surface area (Å²) in [5.41, 5.74) is 3.61. The summed E-state index contributed by atoms with van der Waals surface area (Å²) in [5, 5.41) is 2.98. The Morgan fingerprint density at radius 3 is 2.52 bits per heavy atom. The third-order valence-corrected chi connectivity index (χ3v) is 5.02. The number of rotatable bonds is 7. The Hall–Kier alpha value is -2.33. The van der Waals surface area contributed by atoms with Crippen LogP contribution in [-0.4, -0.2) is 30.0 Å². The van der Waals surface area contributed by atoms with E-state index in [4.69, 9.17) is 4.74 Å². The molecule has 1 aliphatic rings. The number of hydrogen-bond acceptors (Lipinski definition) is 3. The van der Waals surface area contributed by atoms with Gasteiger partial charge in [-0.3, -0.25) is 9.69 Å². The zero-order valence-corrected chi connectivity index (χ0v) is 16.4. The number of nitrogens with one attached hydrogen (secondary N) is 1. The average Bonchev–Trinajstić information content (AvgIpc) is 2.69. The van der Waals surface area contributed by atoms with E-state index in [-0.39, 0.29) is 5.91 Å². The molecule has 1 fully saturated rings. The van der Waals surface area contributed by atoms with E-state index in [2.05, 4.69) is 34.5 Å². The van der Waals surface area contributed by atoms with E-state index in [1.807, 2.05) is 31.2 Å². The molecule has 2 aromatic carbocycles. The maximum Gasteiger partial charge on any atom is 0.261 e. The van der Waals surface area contributed by atoms with Crippen LogP contribution in [0.3, 0.4) is 0 Å². The van der Waals surface area contributed by atoms with E-state index < -0.39 is 6.10 Å². The number of hydrogen-bond donors (Lipinski definition) is 1. The third kappa shape index (κ3) is 6.10. The monoisotopic (exact) mass is 366 g/mol. The van der Waals surface area contributed by atoms with Gasteiger partial charge in [0.1, 0.15) is 5.75 Å². The van der Waals surface area contributed by atoms with Crippen LogP contribution in [-0.2, 0) is 17.9 Å². The second-order valence-corrected chi connectivity index (χ2v) is 7.45. The van der Waals surface area contributed by atoms with Gasteiger partial charge in [0, 0.05) is 13.1 Å². The summed E-state index contributed by atoms with van der Waals surface area (Å²) >= 11 is 0. The Morgan fingerprint density at radius 2 is 1.78 bits per heavy atom. The minimum Gasteiger partial charge on any atom is -0.481 e. The zero-order valence-electron chi connectivity index (χ0n) is 16.4. The Morgan fingerprint density at radius 1 is 1.07 bits per heavy atom. The smallest absolute Gasteiger partial charge is 0.261 e. The van der Waals surface area contributed by atoms with Gasteiger partial charge in [-0.25, -0.2) is 0 Å². The topological polar surface area (TPSA) is 41.6 Å². The molecule has 1 aliphatic heterocycles. The normalized spacial score (nSPS) is 15.9. The van der Waals surface area contributed by atoms with Crippen molar-refractivity contribution >= 4 is 5.91 Å². The fourth-order valence-corrected chi connectivity index (χ4v) is 3.42. The Labute approximate surface area is 162 Å². The molecule has 144 valence electrons. The van der Waals surface area contributed by atoms with Gasteiger partial charge < -0.3 is 10.1 Å². The molecule has 0 spiro atoms. The second kappa shape index (κ2) is 9.56. The molecular weight excluding hydrogens is 336 g/mol. The fourth-order valence-electron chi connectivity index (χ4n) is 3.42. The van der Waals surface area contributed by atoms with E-state index in [1.54, 1.807) is 6.92 Å². The molecule has 4 heteroatoms. The molecule has 0 aromatic heterocycles. The molecule has 2 aromatic rings. The number of aryl methyl sites for hydroxylation is 1. The first-order valence-corrected chi connectivity index (χ1v) is 9.91. The van der Waals surface area contributed by atoms with Crippen molar-refractivity contribution in [2.24, 2.45) is 0 Å².